The molecular formula is C17H24BrClN2O2. The highest BCUT2D eigenvalue weighted by molar-refractivity contribution is 9.10. The minimum Gasteiger partial charge on any atom is -0.492 e. The van der Waals surface area contributed by atoms with Gasteiger partial charge in [0.15, 0.2) is 0 Å². The molecule has 2 aliphatic heterocycles. The third-order valence-corrected chi connectivity index (χ3v) is 5.05. The van der Waals surface area contributed by atoms with Crippen LogP contribution in [-0.2, 0) is 4.79 Å². The summed E-state index contributed by atoms with van der Waals surface area (Å²) in [6.07, 6.45) is 5.39. The Bertz CT molecular complexity index is 543. The van der Waals surface area contributed by atoms with Gasteiger partial charge in [0.25, 0.3) is 0 Å². The highest BCUT2D eigenvalue weighted by Gasteiger charge is 2.34. The summed E-state index contributed by atoms with van der Waals surface area (Å²) in [6.45, 7) is 2.53. The lowest BCUT2D eigenvalue weighted by Crippen LogP contribution is -2.39. The van der Waals surface area contributed by atoms with Crippen molar-refractivity contribution in [3.8, 4) is 5.75 Å². The number of benzene rings is 1. The van der Waals surface area contributed by atoms with Crippen molar-refractivity contribution in [3.63, 3.8) is 0 Å². The van der Waals surface area contributed by atoms with E-state index in [1.165, 1.54) is 12.8 Å². The molecule has 0 spiro atoms. The number of hydrogen-bond acceptors (Lipinski definition) is 3. The lowest BCUT2D eigenvalue weighted by molar-refractivity contribution is -0.117. The number of halogens is 2. The SMILES string of the molecule is CCOc1ccc(Br)cc1NC(=O)CC1CC2CCC(C1)N2.Cl. The fourth-order valence-corrected chi connectivity index (χ4v) is 4.05. The predicted octanol–water partition coefficient (Wildman–Crippen LogP) is 4.13. The van der Waals surface area contributed by atoms with Crippen molar-refractivity contribution in [2.24, 2.45) is 5.92 Å². The van der Waals surface area contributed by atoms with E-state index in [4.69, 9.17) is 4.74 Å². The van der Waals surface area contributed by atoms with Gasteiger partial charge in [0, 0.05) is 23.0 Å². The van der Waals surface area contributed by atoms with Crippen LogP contribution in [-0.4, -0.2) is 24.6 Å². The lowest BCUT2D eigenvalue weighted by Gasteiger charge is -2.28. The van der Waals surface area contributed by atoms with Crippen molar-refractivity contribution >= 4 is 39.9 Å². The van der Waals surface area contributed by atoms with Gasteiger partial charge in [-0.15, -0.1) is 12.4 Å². The number of fused-ring (bicyclic) bond motifs is 2. The molecule has 0 radical (unpaired) electrons. The summed E-state index contributed by atoms with van der Waals surface area (Å²) in [4.78, 5) is 12.4. The van der Waals surface area contributed by atoms with Crippen LogP contribution in [0.3, 0.4) is 0 Å². The molecule has 2 aliphatic rings. The van der Waals surface area contributed by atoms with Gasteiger partial charge >= 0.3 is 0 Å². The third-order valence-electron chi connectivity index (χ3n) is 4.56. The molecule has 1 aromatic carbocycles. The summed E-state index contributed by atoms with van der Waals surface area (Å²) in [5, 5.41) is 6.64. The number of carbonyl (C=O) groups is 1. The molecule has 4 nitrogen and oxygen atoms in total. The molecule has 1 aromatic rings. The summed E-state index contributed by atoms with van der Waals surface area (Å²) in [6, 6.07) is 6.96. The van der Waals surface area contributed by atoms with E-state index in [1.54, 1.807) is 0 Å². The minimum absolute atomic E-state index is 0. The van der Waals surface area contributed by atoms with Crippen LogP contribution in [0.2, 0.25) is 0 Å². The zero-order valence-electron chi connectivity index (χ0n) is 13.3. The summed E-state index contributed by atoms with van der Waals surface area (Å²) in [5.74, 6) is 1.32. The van der Waals surface area contributed by atoms with Gasteiger partial charge in [0.2, 0.25) is 5.91 Å². The maximum atomic E-state index is 12.4. The molecule has 128 valence electrons. The van der Waals surface area contributed by atoms with E-state index in [1.807, 2.05) is 25.1 Å². The van der Waals surface area contributed by atoms with Crippen molar-refractivity contribution in [2.45, 2.75) is 51.1 Å². The quantitative estimate of drug-likeness (QED) is 0.777. The summed E-state index contributed by atoms with van der Waals surface area (Å²) in [5.41, 5.74) is 0.748. The van der Waals surface area contributed by atoms with Crippen molar-refractivity contribution in [3.05, 3.63) is 22.7 Å². The number of hydrogen-bond donors (Lipinski definition) is 2. The number of ether oxygens (including phenoxy) is 1. The van der Waals surface area contributed by atoms with Gasteiger partial charge < -0.3 is 15.4 Å². The fraction of sp³-hybridized carbons (Fsp3) is 0.588. The first kappa shape index (κ1) is 18.6. The van der Waals surface area contributed by atoms with Crippen molar-refractivity contribution < 1.29 is 9.53 Å². The largest absolute Gasteiger partial charge is 0.492 e. The van der Waals surface area contributed by atoms with Crippen molar-refractivity contribution in [2.75, 3.05) is 11.9 Å². The Morgan fingerprint density at radius 1 is 1.35 bits per heavy atom. The highest BCUT2D eigenvalue weighted by Crippen LogP contribution is 2.33. The summed E-state index contributed by atoms with van der Waals surface area (Å²) in [7, 11) is 0. The number of nitrogens with one attached hydrogen (secondary N) is 2. The van der Waals surface area contributed by atoms with E-state index in [0.717, 1.165) is 28.8 Å². The Kier molecular flexibility index (Phi) is 6.74. The lowest BCUT2D eigenvalue weighted by atomic mass is 9.89. The smallest absolute Gasteiger partial charge is 0.224 e. The molecular weight excluding hydrogens is 380 g/mol. The van der Waals surface area contributed by atoms with Crippen molar-refractivity contribution in [1.82, 2.24) is 5.32 Å². The van der Waals surface area contributed by atoms with Crippen LogP contribution < -0.4 is 15.4 Å². The number of rotatable bonds is 5. The Hall–Kier alpha value is -0.780. The van der Waals surface area contributed by atoms with E-state index in [9.17, 15) is 4.79 Å². The van der Waals surface area contributed by atoms with Crippen LogP contribution in [0.4, 0.5) is 5.69 Å². The van der Waals surface area contributed by atoms with Gasteiger partial charge in [-0.25, -0.2) is 0 Å². The van der Waals surface area contributed by atoms with E-state index >= 15 is 0 Å². The van der Waals surface area contributed by atoms with Crippen molar-refractivity contribution in [1.29, 1.82) is 0 Å². The zero-order valence-corrected chi connectivity index (χ0v) is 15.7. The molecule has 2 heterocycles. The molecule has 0 aromatic heterocycles. The number of carbonyl (C=O) groups excluding carboxylic acids is 1. The molecule has 2 unspecified atom stereocenters. The van der Waals surface area contributed by atoms with E-state index in [-0.39, 0.29) is 18.3 Å². The monoisotopic (exact) mass is 402 g/mol. The van der Waals surface area contributed by atoms with Crippen LogP contribution >= 0.6 is 28.3 Å². The minimum atomic E-state index is 0. The number of anilines is 1. The van der Waals surface area contributed by atoms with Crippen LogP contribution in [0.1, 0.15) is 39.0 Å². The summed E-state index contributed by atoms with van der Waals surface area (Å²) >= 11 is 3.44. The highest BCUT2D eigenvalue weighted by atomic mass is 79.9. The fourth-order valence-electron chi connectivity index (χ4n) is 3.69. The first-order valence-electron chi connectivity index (χ1n) is 8.12. The van der Waals surface area contributed by atoms with Gasteiger partial charge in [-0.2, -0.15) is 0 Å². The maximum Gasteiger partial charge on any atom is 0.224 e. The normalized spacial score (nSPS) is 25.6. The van der Waals surface area contributed by atoms with Crippen LogP contribution in [0.5, 0.6) is 5.75 Å². The zero-order chi connectivity index (χ0) is 15.5. The van der Waals surface area contributed by atoms with Gasteiger partial charge in [0.05, 0.1) is 12.3 Å². The van der Waals surface area contributed by atoms with Crippen LogP contribution in [0, 0.1) is 5.92 Å². The molecule has 2 fully saturated rings. The first-order valence-corrected chi connectivity index (χ1v) is 8.91. The molecule has 2 bridgehead atoms. The Morgan fingerprint density at radius 3 is 2.70 bits per heavy atom. The van der Waals surface area contributed by atoms with Gasteiger partial charge in [-0.05, 0) is 56.7 Å². The molecule has 0 saturated carbocycles. The Morgan fingerprint density at radius 2 is 2.04 bits per heavy atom. The maximum absolute atomic E-state index is 12.4. The Balaban J connectivity index is 0.00000192. The average molecular weight is 404 g/mol. The van der Waals surface area contributed by atoms with Gasteiger partial charge in [-0.3, -0.25) is 4.79 Å². The third kappa shape index (κ3) is 4.85. The van der Waals surface area contributed by atoms with E-state index in [0.29, 0.717) is 31.0 Å². The van der Waals surface area contributed by atoms with Gasteiger partial charge in [0.1, 0.15) is 5.75 Å². The Labute approximate surface area is 152 Å². The molecule has 0 aliphatic carbocycles. The summed E-state index contributed by atoms with van der Waals surface area (Å²) < 4.78 is 6.52. The topological polar surface area (TPSA) is 50.4 Å². The molecule has 6 heteroatoms. The molecule has 2 atom stereocenters. The second-order valence-electron chi connectivity index (χ2n) is 6.30. The first-order chi connectivity index (χ1) is 10.6. The second kappa shape index (κ2) is 8.36. The van der Waals surface area contributed by atoms with Crippen LogP contribution in [0.25, 0.3) is 0 Å². The standard InChI is InChI=1S/C17H23BrN2O2.ClH/c1-2-22-16-6-3-12(18)10-15(16)20-17(21)9-11-7-13-4-5-14(8-11)19-13;/h3,6,10-11,13-14,19H,2,4-5,7-9H2,1H3,(H,20,21);1H. The average Bonchev–Trinajstić information content (AvgIpc) is 2.81. The van der Waals surface area contributed by atoms with Gasteiger partial charge in [-0.1, -0.05) is 15.9 Å². The molecule has 23 heavy (non-hydrogen) atoms. The molecule has 2 saturated heterocycles. The number of piperidine rings is 1. The number of amides is 1. The molecule has 1 amide bonds. The molecule has 2 N–H and O–H groups in total. The second-order valence-corrected chi connectivity index (χ2v) is 7.22. The molecule has 3 rings (SSSR count). The van der Waals surface area contributed by atoms with E-state index in [2.05, 4.69) is 26.6 Å². The van der Waals surface area contributed by atoms with E-state index < -0.39 is 0 Å². The predicted molar refractivity (Wildman–Crippen MR) is 98.5 cm³/mol. The van der Waals surface area contributed by atoms with Crippen LogP contribution in [0.15, 0.2) is 22.7 Å².